The van der Waals surface area contributed by atoms with E-state index in [1.807, 2.05) is 20.8 Å². The fraction of sp³-hybridized carbons (Fsp3) is 0.583. The molecule has 15 heavy (non-hydrogen) atoms. The first-order valence-corrected chi connectivity index (χ1v) is 5.39. The van der Waals surface area contributed by atoms with E-state index in [2.05, 4.69) is 4.98 Å². The van der Waals surface area contributed by atoms with Crippen LogP contribution in [0.15, 0.2) is 18.3 Å². The number of halogens is 1. The molecule has 0 aliphatic heterocycles. The first-order chi connectivity index (χ1) is 7.04. The molecule has 0 bridgehead atoms. The molecule has 0 aliphatic rings. The maximum absolute atomic E-state index is 12.7. The highest BCUT2D eigenvalue weighted by molar-refractivity contribution is 5.14. The van der Waals surface area contributed by atoms with E-state index in [9.17, 15) is 9.50 Å². The summed E-state index contributed by atoms with van der Waals surface area (Å²) in [4.78, 5) is 3.97. The van der Waals surface area contributed by atoms with Crippen molar-refractivity contribution in [1.82, 2.24) is 4.98 Å². The monoisotopic (exact) mass is 211 g/mol. The van der Waals surface area contributed by atoms with Gasteiger partial charge >= 0.3 is 0 Å². The van der Waals surface area contributed by atoms with Crippen molar-refractivity contribution in [3.8, 4) is 0 Å². The Bertz CT molecular complexity index is 312. The second-order valence-electron chi connectivity index (χ2n) is 3.95. The molecule has 1 aromatic heterocycles. The molecule has 1 N–H and O–H groups in total. The third-order valence-corrected chi connectivity index (χ3v) is 3.14. The van der Waals surface area contributed by atoms with Crippen molar-refractivity contribution in [2.45, 2.75) is 39.2 Å². The molecular weight excluding hydrogens is 193 g/mol. The maximum Gasteiger partial charge on any atom is 0.141 e. The summed E-state index contributed by atoms with van der Waals surface area (Å²) in [5, 5.41) is 10.5. The van der Waals surface area contributed by atoms with Crippen molar-refractivity contribution in [3.63, 3.8) is 0 Å². The number of hydrogen-bond donors (Lipinski definition) is 1. The second kappa shape index (κ2) is 4.71. The average Bonchev–Trinajstić information content (AvgIpc) is 2.27. The molecular formula is C12H18FNO. The van der Waals surface area contributed by atoms with Gasteiger partial charge in [-0.2, -0.15) is 0 Å². The van der Waals surface area contributed by atoms with Crippen LogP contribution in [0.4, 0.5) is 4.39 Å². The van der Waals surface area contributed by atoms with Gasteiger partial charge in [0.1, 0.15) is 11.4 Å². The molecule has 2 unspecified atom stereocenters. The molecule has 1 aromatic rings. The van der Waals surface area contributed by atoms with Gasteiger partial charge in [0.2, 0.25) is 0 Å². The lowest BCUT2D eigenvalue weighted by Gasteiger charge is -2.32. The molecule has 1 heterocycles. The van der Waals surface area contributed by atoms with Gasteiger partial charge in [-0.15, -0.1) is 0 Å². The smallest absolute Gasteiger partial charge is 0.141 e. The summed E-state index contributed by atoms with van der Waals surface area (Å²) in [5.41, 5.74) is -0.386. The van der Waals surface area contributed by atoms with E-state index >= 15 is 0 Å². The number of nitrogens with zero attached hydrogens (tertiary/aromatic N) is 1. The molecule has 2 atom stereocenters. The number of pyridine rings is 1. The number of rotatable bonds is 4. The SMILES string of the molecule is CCC(C)C(O)(CC)c1ccc(F)cn1. The summed E-state index contributed by atoms with van der Waals surface area (Å²) in [6.45, 7) is 5.92. The first kappa shape index (κ1) is 12.1. The minimum Gasteiger partial charge on any atom is -0.383 e. The van der Waals surface area contributed by atoms with Crippen LogP contribution in [0.5, 0.6) is 0 Å². The van der Waals surface area contributed by atoms with E-state index in [1.54, 1.807) is 6.07 Å². The van der Waals surface area contributed by atoms with Crippen LogP contribution in [0.25, 0.3) is 0 Å². The molecule has 0 saturated heterocycles. The zero-order valence-electron chi connectivity index (χ0n) is 9.50. The molecule has 0 radical (unpaired) electrons. The Balaban J connectivity index is 3.05. The molecule has 3 heteroatoms. The van der Waals surface area contributed by atoms with Crippen molar-refractivity contribution >= 4 is 0 Å². The molecule has 0 saturated carbocycles. The Morgan fingerprint density at radius 1 is 1.47 bits per heavy atom. The van der Waals surface area contributed by atoms with Crippen LogP contribution in [-0.2, 0) is 5.60 Å². The van der Waals surface area contributed by atoms with Crippen LogP contribution >= 0.6 is 0 Å². The average molecular weight is 211 g/mol. The largest absolute Gasteiger partial charge is 0.383 e. The van der Waals surface area contributed by atoms with E-state index in [4.69, 9.17) is 0 Å². The number of hydrogen-bond acceptors (Lipinski definition) is 2. The molecule has 0 spiro atoms. The van der Waals surface area contributed by atoms with Crippen LogP contribution in [0.2, 0.25) is 0 Å². The lowest BCUT2D eigenvalue weighted by molar-refractivity contribution is -0.0264. The molecule has 0 amide bonds. The van der Waals surface area contributed by atoms with Gasteiger partial charge in [-0.25, -0.2) is 4.39 Å². The fourth-order valence-electron chi connectivity index (χ4n) is 1.75. The summed E-state index contributed by atoms with van der Waals surface area (Å²) < 4.78 is 12.7. The maximum atomic E-state index is 12.7. The predicted molar refractivity (Wildman–Crippen MR) is 57.8 cm³/mol. The Kier molecular flexibility index (Phi) is 3.80. The fourth-order valence-corrected chi connectivity index (χ4v) is 1.75. The second-order valence-corrected chi connectivity index (χ2v) is 3.95. The Hall–Kier alpha value is -0.960. The van der Waals surface area contributed by atoms with Gasteiger partial charge in [-0.1, -0.05) is 27.2 Å². The number of aromatic nitrogens is 1. The van der Waals surface area contributed by atoms with E-state index in [1.165, 1.54) is 6.07 Å². The summed E-state index contributed by atoms with van der Waals surface area (Å²) in [6, 6.07) is 2.90. The van der Waals surface area contributed by atoms with Crippen LogP contribution in [-0.4, -0.2) is 10.1 Å². The summed E-state index contributed by atoms with van der Waals surface area (Å²) in [5.74, 6) is -0.262. The minimum atomic E-state index is -0.942. The lowest BCUT2D eigenvalue weighted by atomic mass is 9.81. The molecule has 0 fully saturated rings. The van der Waals surface area contributed by atoms with Gasteiger partial charge in [0.05, 0.1) is 11.9 Å². The van der Waals surface area contributed by atoms with Crippen molar-refractivity contribution in [2.24, 2.45) is 5.92 Å². The van der Waals surface area contributed by atoms with Gasteiger partial charge in [-0.3, -0.25) is 4.98 Å². The van der Waals surface area contributed by atoms with Crippen LogP contribution in [0.1, 0.15) is 39.3 Å². The van der Waals surface area contributed by atoms with Gasteiger partial charge in [0.25, 0.3) is 0 Å². The predicted octanol–water partition coefficient (Wildman–Crippen LogP) is 2.86. The van der Waals surface area contributed by atoms with Crippen LogP contribution in [0, 0.1) is 11.7 Å². The highest BCUT2D eigenvalue weighted by atomic mass is 19.1. The highest BCUT2D eigenvalue weighted by Gasteiger charge is 2.33. The Morgan fingerprint density at radius 3 is 2.53 bits per heavy atom. The van der Waals surface area contributed by atoms with Crippen molar-refractivity contribution < 1.29 is 9.50 Å². The molecule has 0 aromatic carbocycles. The van der Waals surface area contributed by atoms with Crippen LogP contribution in [0.3, 0.4) is 0 Å². The standard InChI is InChI=1S/C12H18FNO/c1-4-9(3)12(15,5-2)11-7-6-10(13)8-14-11/h6-9,15H,4-5H2,1-3H3. The normalized spacial score (nSPS) is 17.1. The van der Waals surface area contributed by atoms with E-state index < -0.39 is 5.60 Å². The van der Waals surface area contributed by atoms with Crippen molar-refractivity contribution in [3.05, 3.63) is 29.8 Å². The van der Waals surface area contributed by atoms with Gasteiger partial charge in [-0.05, 0) is 24.5 Å². The summed E-state index contributed by atoms with van der Waals surface area (Å²) in [6.07, 6.45) is 2.60. The molecule has 2 nitrogen and oxygen atoms in total. The van der Waals surface area contributed by atoms with Gasteiger partial charge in [0.15, 0.2) is 0 Å². The number of aliphatic hydroxyl groups is 1. The Labute approximate surface area is 90.2 Å². The van der Waals surface area contributed by atoms with Crippen molar-refractivity contribution in [2.75, 3.05) is 0 Å². The quantitative estimate of drug-likeness (QED) is 0.830. The minimum absolute atomic E-state index is 0.112. The van der Waals surface area contributed by atoms with Gasteiger partial charge < -0.3 is 5.11 Å². The summed E-state index contributed by atoms with van der Waals surface area (Å²) >= 11 is 0. The molecule has 0 aliphatic carbocycles. The molecule has 1 rings (SSSR count). The van der Waals surface area contributed by atoms with Crippen molar-refractivity contribution in [1.29, 1.82) is 0 Å². The topological polar surface area (TPSA) is 33.1 Å². The summed E-state index contributed by atoms with van der Waals surface area (Å²) in [7, 11) is 0. The van der Waals surface area contributed by atoms with E-state index in [-0.39, 0.29) is 11.7 Å². The highest BCUT2D eigenvalue weighted by Crippen LogP contribution is 2.33. The van der Waals surface area contributed by atoms with Crippen LogP contribution < -0.4 is 0 Å². The Morgan fingerprint density at radius 2 is 2.13 bits per heavy atom. The first-order valence-electron chi connectivity index (χ1n) is 5.39. The lowest BCUT2D eigenvalue weighted by Crippen LogP contribution is -2.33. The third-order valence-electron chi connectivity index (χ3n) is 3.14. The third kappa shape index (κ3) is 2.34. The zero-order valence-corrected chi connectivity index (χ0v) is 9.50. The van der Waals surface area contributed by atoms with E-state index in [0.717, 1.165) is 12.6 Å². The molecule has 84 valence electrons. The zero-order chi connectivity index (χ0) is 11.5. The van der Waals surface area contributed by atoms with E-state index in [0.29, 0.717) is 12.1 Å². The van der Waals surface area contributed by atoms with Gasteiger partial charge in [0, 0.05) is 0 Å².